The number of carbonyl (C=O) groups excluding carboxylic acids is 1. The number of nitrogens with zero attached hydrogens (tertiary/aromatic N) is 1. The molecule has 0 spiro atoms. The van der Waals surface area contributed by atoms with Gasteiger partial charge in [-0.05, 0) is 36.6 Å². The molecular weight excluding hydrogens is 405 g/mol. The first-order chi connectivity index (χ1) is 13.7. The number of amides is 1. The highest BCUT2D eigenvalue weighted by molar-refractivity contribution is 7.89. The molecule has 1 heterocycles. The average molecular weight is 426 g/mol. The van der Waals surface area contributed by atoms with Crippen LogP contribution in [-0.4, -0.2) is 31.7 Å². The Hall–Kier alpha value is -2.39. The van der Waals surface area contributed by atoms with Crippen molar-refractivity contribution in [1.29, 1.82) is 0 Å². The molecule has 1 unspecified atom stereocenters. The highest BCUT2D eigenvalue weighted by Gasteiger charge is 2.35. The normalized spacial score (nSPS) is 18.4. The topological polar surface area (TPSA) is 66.5 Å². The first-order valence-electron chi connectivity index (χ1n) is 9.17. The molecule has 1 fully saturated rings. The van der Waals surface area contributed by atoms with Gasteiger partial charge in [-0.15, -0.1) is 0 Å². The van der Waals surface area contributed by atoms with Gasteiger partial charge in [-0.3, -0.25) is 4.79 Å². The van der Waals surface area contributed by atoms with Crippen LogP contribution in [0.5, 0.6) is 0 Å². The van der Waals surface area contributed by atoms with Gasteiger partial charge in [0.15, 0.2) is 0 Å². The van der Waals surface area contributed by atoms with E-state index in [0.717, 1.165) is 6.07 Å². The van der Waals surface area contributed by atoms with Crippen molar-refractivity contribution in [3.8, 4) is 0 Å². The van der Waals surface area contributed by atoms with Gasteiger partial charge in [0.25, 0.3) is 0 Å². The van der Waals surface area contributed by atoms with E-state index in [1.807, 2.05) is 0 Å². The van der Waals surface area contributed by atoms with Crippen LogP contribution in [0.3, 0.4) is 0 Å². The molecule has 29 heavy (non-hydrogen) atoms. The van der Waals surface area contributed by atoms with Crippen LogP contribution in [0.4, 0.5) is 13.2 Å². The molecule has 3 rings (SSSR count). The Bertz CT molecular complexity index is 962. The van der Waals surface area contributed by atoms with Crippen molar-refractivity contribution in [3.05, 3.63) is 65.7 Å². The predicted molar refractivity (Wildman–Crippen MR) is 101 cm³/mol. The molecule has 0 bridgehead atoms. The number of carbonyl (C=O) groups is 1. The van der Waals surface area contributed by atoms with Gasteiger partial charge >= 0.3 is 6.18 Å². The second-order valence-corrected chi connectivity index (χ2v) is 8.83. The fraction of sp³-hybridized carbons (Fsp3) is 0.350. The third-order valence-corrected chi connectivity index (χ3v) is 6.79. The van der Waals surface area contributed by atoms with Crippen LogP contribution in [0.15, 0.2) is 59.5 Å². The molecule has 1 amide bonds. The van der Waals surface area contributed by atoms with Crippen LogP contribution < -0.4 is 5.32 Å². The molecule has 2 aromatic carbocycles. The van der Waals surface area contributed by atoms with Crippen molar-refractivity contribution in [1.82, 2.24) is 9.62 Å². The average Bonchev–Trinajstić information content (AvgIpc) is 2.72. The monoisotopic (exact) mass is 426 g/mol. The van der Waals surface area contributed by atoms with E-state index in [2.05, 4.69) is 5.32 Å². The lowest BCUT2D eigenvalue weighted by Gasteiger charge is -2.31. The molecule has 0 aromatic heterocycles. The van der Waals surface area contributed by atoms with Crippen LogP contribution in [0, 0.1) is 5.92 Å². The van der Waals surface area contributed by atoms with E-state index in [1.165, 1.54) is 34.6 Å². The van der Waals surface area contributed by atoms with Crippen molar-refractivity contribution in [2.24, 2.45) is 5.92 Å². The number of halogens is 3. The lowest BCUT2D eigenvalue weighted by molar-refractivity contribution is -0.138. The maximum absolute atomic E-state index is 13.1. The molecule has 0 aliphatic carbocycles. The number of benzene rings is 2. The number of rotatable bonds is 5. The highest BCUT2D eigenvalue weighted by Crippen LogP contribution is 2.32. The summed E-state index contributed by atoms with van der Waals surface area (Å²) < 4.78 is 66.0. The predicted octanol–water partition coefficient (Wildman–Crippen LogP) is 3.42. The molecule has 5 nitrogen and oxygen atoms in total. The molecule has 1 aliphatic heterocycles. The first-order valence-corrected chi connectivity index (χ1v) is 10.6. The van der Waals surface area contributed by atoms with Crippen molar-refractivity contribution in [2.75, 3.05) is 13.1 Å². The molecule has 1 aliphatic rings. The Kier molecular flexibility index (Phi) is 6.28. The van der Waals surface area contributed by atoms with Gasteiger partial charge in [-0.2, -0.15) is 17.5 Å². The smallest absolute Gasteiger partial charge is 0.352 e. The summed E-state index contributed by atoms with van der Waals surface area (Å²) in [4.78, 5) is 12.7. The Morgan fingerprint density at radius 3 is 2.41 bits per heavy atom. The summed E-state index contributed by atoms with van der Waals surface area (Å²) in [5, 5.41) is 2.53. The summed E-state index contributed by atoms with van der Waals surface area (Å²) in [6.07, 6.45) is -3.52. The van der Waals surface area contributed by atoms with E-state index in [0.29, 0.717) is 19.4 Å². The maximum atomic E-state index is 13.1. The van der Waals surface area contributed by atoms with Crippen LogP contribution in [0.2, 0.25) is 0 Å². The number of hydrogen-bond donors (Lipinski definition) is 1. The number of hydrogen-bond acceptors (Lipinski definition) is 3. The molecule has 156 valence electrons. The zero-order chi connectivity index (χ0) is 21.1. The lowest BCUT2D eigenvalue weighted by atomic mass is 9.98. The number of alkyl halides is 3. The van der Waals surface area contributed by atoms with E-state index >= 15 is 0 Å². The van der Waals surface area contributed by atoms with Crippen LogP contribution in [-0.2, 0) is 27.5 Å². The second-order valence-electron chi connectivity index (χ2n) is 6.89. The third-order valence-electron chi connectivity index (χ3n) is 4.91. The zero-order valence-corrected chi connectivity index (χ0v) is 16.3. The minimum absolute atomic E-state index is 0.00395. The number of nitrogens with one attached hydrogen (secondary N) is 1. The fourth-order valence-corrected chi connectivity index (χ4v) is 4.94. The Labute approximate surface area is 167 Å². The molecule has 1 saturated heterocycles. The Morgan fingerprint density at radius 2 is 1.72 bits per heavy atom. The fourth-order valence-electron chi connectivity index (χ4n) is 3.39. The highest BCUT2D eigenvalue weighted by atomic mass is 32.2. The molecule has 9 heteroatoms. The molecule has 1 N–H and O–H groups in total. The molecule has 0 radical (unpaired) electrons. The standard InChI is InChI=1S/C20H21F3N2O3S/c21-20(22,23)18-11-5-4-7-15(18)13-24-19(26)16-8-6-12-25(14-16)29(27,28)17-9-2-1-3-10-17/h1-5,7,9-11,16H,6,8,12-14H2,(H,24,26). The summed E-state index contributed by atoms with van der Waals surface area (Å²) in [5.41, 5.74) is -0.824. The minimum atomic E-state index is -4.51. The summed E-state index contributed by atoms with van der Waals surface area (Å²) in [6.45, 7) is 0.0400. The summed E-state index contributed by atoms with van der Waals surface area (Å²) >= 11 is 0. The van der Waals surface area contributed by atoms with Gasteiger partial charge in [-0.25, -0.2) is 8.42 Å². The van der Waals surface area contributed by atoms with Gasteiger partial charge in [0.05, 0.1) is 16.4 Å². The molecule has 1 atom stereocenters. The molecular formula is C20H21F3N2O3S. The quantitative estimate of drug-likeness (QED) is 0.797. The van der Waals surface area contributed by atoms with E-state index in [-0.39, 0.29) is 23.5 Å². The Balaban J connectivity index is 1.67. The van der Waals surface area contributed by atoms with Crippen molar-refractivity contribution >= 4 is 15.9 Å². The third kappa shape index (κ3) is 4.97. The minimum Gasteiger partial charge on any atom is -0.352 e. The van der Waals surface area contributed by atoms with Gasteiger partial charge in [0, 0.05) is 19.6 Å². The number of piperidine rings is 1. The zero-order valence-electron chi connectivity index (χ0n) is 15.5. The molecule has 2 aromatic rings. The van der Waals surface area contributed by atoms with Crippen LogP contribution in [0.1, 0.15) is 24.0 Å². The van der Waals surface area contributed by atoms with Gasteiger partial charge in [0.1, 0.15) is 0 Å². The van der Waals surface area contributed by atoms with E-state index < -0.39 is 33.6 Å². The van der Waals surface area contributed by atoms with E-state index in [1.54, 1.807) is 18.2 Å². The van der Waals surface area contributed by atoms with Crippen LogP contribution >= 0.6 is 0 Å². The summed E-state index contributed by atoms with van der Waals surface area (Å²) in [5.74, 6) is -1.06. The number of sulfonamides is 1. The van der Waals surface area contributed by atoms with Crippen molar-refractivity contribution in [2.45, 2.75) is 30.5 Å². The maximum Gasteiger partial charge on any atom is 0.416 e. The van der Waals surface area contributed by atoms with E-state index in [4.69, 9.17) is 0 Å². The second kappa shape index (κ2) is 8.54. The summed E-state index contributed by atoms with van der Waals surface area (Å²) in [6, 6.07) is 13.0. The first kappa shape index (κ1) is 21.3. The molecule has 0 saturated carbocycles. The van der Waals surface area contributed by atoms with Crippen molar-refractivity contribution in [3.63, 3.8) is 0 Å². The van der Waals surface area contributed by atoms with E-state index in [9.17, 15) is 26.4 Å². The largest absolute Gasteiger partial charge is 0.416 e. The SMILES string of the molecule is O=C(NCc1ccccc1C(F)(F)F)C1CCCN(S(=O)(=O)c2ccccc2)C1. The van der Waals surface area contributed by atoms with Gasteiger partial charge in [-0.1, -0.05) is 36.4 Å². The lowest BCUT2D eigenvalue weighted by Crippen LogP contribution is -2.45. The van der Waals surface area contributed by atoms with Crippen molar-refractivity contribution < 1.29 is 26.4 Å². The van der Waals surface area contributed by atoms with Gasteiger partial charge < -0.3 is 5.32 Å². The summed E-state index contributed by atoms with van der Waals surface area (Å²) in [7, 11) is -3.72. The Morgan fingerprint density at radius 1 is 1.07 bits per heavy atom. The van der Waals surface area contributed by atoms with Crippen LogP contribution in [0.25, 0.3) is 0 Å². The van der Waals surface area contributed by atoms with Gasteiger partial charge in [0.2, 0.25) is 15.9 Å².